The molecule has 8 nitrogen and oxygen atoms in total. The van der Waals surface area contributed by atoms with Gasteiger partial charge in [0.15, 0.2) is 12.2 Å². The number of rotatable bonds is 7. The number of nitrogen functional groups attached to an aromatic ring is 1. The zero-order chi connectivity index (χ0) is 21.0. The molecule has 1 aliphatic heterocycles. The zero-order valence-electron chi connectivity index (χ0n) is 17.1. The molecule has 3 rings (SSSR count). The Morgan fingerprint density at radius 2 is 1.86 bits per heavy atom. The van der Waals surface area contributed by atoms with Gasteiger partial charge in [0.25, 0.3) is 11.5 Å². The normalized spacial score (nSPS) is 14.4. The van der Waals surface area contributed by atoms with Gasteiger partial charge in [0.05, 0.1) is 19.6 Å². The second kappa shape index (κ2) is 9.09. The van der Waals surface area contributed by atoms with E-state index in [9.17, 15) is 14.4 Å². The Kier molecular flexibility index (Phi) is 6.53. The van der Waals surface area contributed by atoms with Crippen LogP contribution in [0.25, 0.3) is 0 Å². The minimum absolute atomic E-state index is 0.0213. The van der Waals surface area contributed by atoms with Gasteiger partial charge in [-0.2, -0.15) is 0 Å². The molecule has 1 fully saturated rings. The summed E-state index contributed by atoms with van der Waals surface area (Å²) in [5.74, 6) is 0.0200. The third-order valence-electron chi connectivity index (χ3n) is 5.23. The van der Waals surface area contributed by atoms with Gasteiger partial charge in [-0.25, -0.2) is 4.79 Å². The van der Waals surface area contributed by atoms with Gasteiger partial charge in [0, 0.05) is 19.4 Å². The molecule has 0 spiro atoms. The number of nitrogens with one attached hydrogen (secondary N) is 2. The summed E-state index contributed by atoms with van der Waals surface area (Å²) in [4.78, 5) is 43.2. The van der Waals surface area contributed by atoms with Crippen LogP contribution in [-0.2, 0) is 11.3 Å². The molecule has 4 N–H and O–H groups in total. The summed E-state index contributed by atoms with van der Waals surface area (Å²) < 4.78 is 1.31. The van der Waals surface area contributed by atoms with Crippen molar-refractivity contribution < 1.29 is 9.69 Å². The predicted octanol–water partition coefficient (Wildman–Crippen LogP) is -0.165. The van der Waals surface area contributed by atoms with Gasteiger partial charge in [-0.1, -0.05) is 44.2 Å². The number of carbonyl (C=O) groups is 1. The minimum atomic E-state index is -0.623. The Morgan fingerprint density at radius 1 is 1.21 bits per heavy atom. The highest BCUT2D eigenvalue weighted by atomic mass is 16.2. The van der Waals surface area contributed by atoms with E-state index in [4.69, 9.17) is 5.73 Å². The Bertz CT molecular complexity index is 959. The Morgan fingerprint density at radius 3 is 2.48 bits per heavy atom. The van der Waals surface area contributed by atoms with Crippen molar-refractivity contribution in [3.63, 3.8) is 0 Å². The van der Waals surface area contributed by atoms with Crippen molar-refractivity contribution in [2.75, 3.05) is 36.8 Å². The fourth-order valence-electron chi connectivity index (χ4n) is 3.81. The van der Waals surface area contributed by atoms with Gasteiger partial charge in [-0.3, -0.25) is 24.0 Å². The van der Waals surface area contributed by atoms with E-state index in [1.165, 1.54) is 14.4 Å². The maximum absolute atomic E-state index is 13.1. The van der Waals surface area contributed by atoms with Gasteiger partial charge < -0.3 is 10.6 Å². The molecule has 156 valence electrons. The van der Waals surface area contributed by atoms with Crippen molar-refractivity contribution in [3.05, 3.63) is 56.7 Å². The number of H-pyrrole nitrogens is 1. The van der Waals surface area contributed by atoms with Crippen molar-refractivity contribution in [2.24, 2.45) is 5.92 Å². The van der Waals surface area contributed by atoms with E-state index in [1.807, 2.05) is 44.2 Å². The van der Waals surface area contributed by atoms with E-state index in [0.29, 0.717) is 13.1 Å². The molecule has 29 heavy (non-hydrogen) atoms. The highest BCUT2D eigenvalue weighted by molar-refractivity contribution is 5.96. The van der Waals surface area contributed by atoms with Gasteiger partial charge >= 0.3 is 5.69 Å². The third kappa shape index (κ3) is 4.95. The highest BCUT2D eigenvalue weighted by Crippen LogP contribution is 2.19. The molecule has 0 atom stereocenters. The van der Waals surface area contributed by atoms with Crippen molar-refractivity contribution in [3.8, 4) is 0 Å². The van der Waals surface area contributed by atoms with Gasteiger partial charge in [0.2, 0.25) is 0 Å². The lowest BCUT2D eigenvalue weighted by atomic mass is 10.2. The number of nitrogens with two attached hydrogens (primary N) is 1. The first kappa shape index (κ1) is 20.9. The number of benzene rings is 1. The van der Waals surface area contributed by atoms with Crippen molar-refractivity contribution >= 4 is 17.4 Å². The molecule has 1 aromatic carbocycles. The lowest BCUT2D eigenvalue weighted by molar-refractivity contribution is -0.878. The van der Waals surface area contributed by atoms with Crippen molar-refractivity contribution in [2.45, 2.75) is 33.2 Å². The number of aromatic amines is 1. The predicted molar refractivity (Wildman–Crippen MR) is 113 cm³/mol. The van der Waals surface area contributed by atoms with E-state index in [-0.39, 0.29) is 29.9 Å². The number of quaternary nitrogens is 1. The second-order valence-corrected chi connectivity index (χ2v) is 8.10. The molecular weight excluding hydrogens is 370 g/mol. The molecule has 2 heterocycles. The first-order valence-electron chi connectivity index (χ1n) is 10.2. The monoisotopic (exact) mass is 400 g/mol. The number of carbonyl (C=O) groups excluding carboxylic acids is 1. The van der Waals surface area contributed by atoms with Crippen LogP contribution in [0.15, 0.2) is 39.9 Å². The molecule has 2 aromatic rings. The summed E-state index contributed by atoms with van der Waals surface area (Å²) in [6.45, 7) is 6.78. The smallest absolute Gasteiger partial charge is 0.330 e. The standard InChI is InChI=1S/C21H29N5O3/c1-15(2)12-25(17(27)14-24-10-6-7-11-24)18-19(22)26(21(29)23-20(18)28)13-16-8-4-3-5-9-16/h3-5,8-9,15H,6-7,10-14,22H2,1-2H3,(H,23,28,29)/p+1. The first-order chi connectivity index (χ1) is 13.9. The Hall–Kier alpha value is -2.87. The molecular formula is C21H30N5O3+. The molecule has 0 saturated carbocycles. The van der Waals surface area contributed by atoms with Crippen LogP contribution in [0.2, 0.25) is 0 Å². The van der Waals surface area contributed by atoms with E-state index >= 15 is 0 Å². The molecule has 1 aromatic heterocycles. The topological polar surface area (TPSA) is 106 Å². The summed E-state index contributed by atoms with van der Waals surface area (Å²) in [6, 6.07) is 9.39. The summed E-state index contributed by atoms with van der Waals surface area (Å²) in [7, 11) is 0. The zero-order valence-corrected chi connectivity index (χ0v) is 17.1. The number of amides is 1. The lowest BCUT2D eigenvalue weighted by Crippen LogP contribution is -3.11. The Labute approximate surface area is 169 Å². The molecule has 0 unspecified atom stereocenters. The maximum Gasteiger partial charge on any atom is 0.330 e. The number of aromatic nitrogens is 2. The number of likely N-dealkylation sites (tertiary alicyclic amines) is 1. The fraction of sp³-hybridized carbons (Fsp3) is 0.476. The van der Waals surface area contributed by atoms with Gasteiger partial charge in [0.1, 0.15) is 5.82 Å². The number of anilines is 2. The molecule has 8 heteroatoms. The SMILES string of the molecule is CC(C)CN(C(=O)C[NH+]1CCCC1)c1c(N)n(Cc2ccccc2)c(=O)[nH]c1=O. The molecule has 1 saturated heterocycles. The van der Waals surface area contributed by atoms with Crippen LogP contribution < -0.4 is 26.8 Å². The van der Waals surface area contributed by atoms with Gasteiger partial charge in [-0.05, 0) is 11.5 Å². The molecule has 0 aliphatic carbocycles. The maximum atomic E-state index is 13.1. The van der Waals surface area contributed by atoms with E-state index in [0.717, 1.165) is 31.5 Å². The van der Waals surface area contributed by atoms with Crippen LogP contribution in [0.5, 0.6) is 0 Å². The van der Waals surface area contributed by atoms with Crippen LogP contribution in [-0.4, -0.2) is 41.6 Å². The third-order valence-corrected chi connectivity index (χ3v) is 5.23. The summed E-state index contributed by atoms with van der Waals surface area (Å²) in [6.07, 6.45) is 2.22. The van der Waals surface area contributed by atoms with E-state index in [1.54, 1.807) is 0 Å². The minimum Gasteiger partial charge on any atom is -0.383 e. The van der Waals surface area contributed by atoms with Crippen LogP contribution in [0.3, 0.4) is 0 Å². The molecule has 0 radical (unpaired) electrons. The fourth-order valence-corrected chi connectivity index (χ4v) is 3.81. The Balaban J connectivity index is 2.00. The van der Waals surface area contributed by atoms with Crippen LogP contribution in [0.1, 0.15) is 32.3 Å². The lowest BCUT2D eigenvalue weighted by Gasteiger charge is -2.26. The van der Waals surface area contributed by atoms with Crippen LogP contribution >= 0.6 is 0 Å². The summed E-state index contributed by atoms with van der Waals surface area (Å²) in [5, 5.41) is 0. The highest BCUT2D eigenvalue weighted by Gasteiger charge is 2.28. The molecule has 1 aliphatic rings. The molecule has 1 amide bonds. The largest absolute Gasteiger partial charge is 0.383 e. The number of nitrogens with zero attached hydrogens (tertiary/aromatic N) is 2. The first-order valence-corrected chi connectivity index (χ1v) is 10.2. The molecule has 0 bridgehead atoms. The van der Waals surface area contributed by atoms with Crippen molar-refractivity contribution in [1.29, 1.82) is 0 Å². The summed E-state index contributed by atoms with van der Waals surface area (Å²) in [5.41, 5.74) is 6.04. The average molecular weight is 401 g/mol. The summed E-state index contributed by atoms with van der Waals surface area (Å²) >= 11 is 0. The van der Waals surface area contributed by atoms with E-state index < -0.39 is 11.2 Å². The van der Waals surface area contributed by atoms with Crippen molar-refractivity contribution in [1.82, 2.24) is 9.55 Å². The van der Waals surface area contributed by atoms with Crippen LogP contribution in [0, 0.1) is 5.92 Å². The second-order valence-electron chi connectivity index (χ2n) is 8.10. The number of hydrogen-bond acceptors (Lipinski definition) is 4. The number of hydrogen-bond donors (Lipinski definition) is 3. The average Bonchev–Trinajstić information content (AvgIpc) is 3.17. The van der Waals surface area contributed by atoms with E-state index in [2.05, 4.69) is 4.98 Å². The van der Waals surface area contributed by atoms with Gasteiger partial charge in [-0.15, -0.1) is 0 Å². The quantitative estimate of drug-likeness (QED) is 0.600. The van der Waals surface area contributed by atoms with Crippen LogP contribution in [0.4, 0.5) is 11.5 Å².